The van der Waals surface area contributed by atoms with E-state index in [2.05, 4.69) is 31.9 Å². The van der Waals surface area contributed by atoms with Gasteiger partial charge in [-0.25, -0.2) is 16.8 Å². The molecule has 4 rings (SSSR count). The van der Waals surface area contributed by atoms with Gasteiger partial charge < -0.3 is 9.64 Å². The van der Waals surface area contributed by atoms with Crippen molar-refractivity contribution >= 4 is 52.8 Å². The monoisotopic (exact) mass is 594 g/mol. The molecule has 0 bridgehead atoms. The molecule has 9 heteroatoms. The van der Waals surface area contributed by atoms with Crippen LogP contribution in [-0.2, 0) is 10.0 Å². The van der Waals surface area contributed by atoms with Gasteiger partial charge >= 0.3 is 0 Å². The van der Waals surface area contributed by atoms with Crippen molar-refractivity contribution in [1.82, 2.24) is 8.87 Å². The van der Waals surface area contributed by atoms with Crippen molar-refractivity contribution in [3.8, 4) is 17.0 Å². The maximum Gasteiger partial charge on any atom is 0.268 e. The van der Waals surface area contributed by atoms with Crippen molar-refractivity contribution in [1.29, 1.82) is 0 Å². The SMILES string of the molecule is CN(C)CCOc1c(-c2ccccc2)n(S(=O)(=O)c2ccc(F)cc2)c2c(Br)cc(Br)cc12. The van der Waals surface area contributed by atoms with Crippen LogP contribution in [0.2, 0.25) is 0 Å². The highest BCUT2D eigenvalue weighted by Gasteiger charge is 2.30. The molecule has 33 heavy (non-hydrogen) atoms. The highest BCUT2D eigenvalue weighted by atomic mass is 79.9. The number of halogens is 3. The van der Waals surface area contributed by atoms with Gasteiger partial charge in [0.15, 0.2) is 5.75 Å². The Morgan fingerprint density at radius 1 is 1.00 bits per heavy atom. The lowest BCUT2D eigenvalue weighted by atomic mass is 10.1. The molecule has 0 aliphatic carbocycles. The lowest BCUT2D eigenvalue weighted by molar-refractivity contribution is 0.264. The normalized spacial score (nSPS) is 11.9. The average molecular weight is 596 g/mol. The molecule has 0 radical (unpaired) electrons. The molecule has 0 fully saturated rings. The van der Waals surface area contributed by atoms with Crippen LogP contribution in [0.1, 0.15) is 0 Å². The summed E-state index contributed by atoms with van der Waals surface area (Å²) in [7, 11) is -0.220. The Morgan fingerprint density at radius 3 is 2.30 bits per heavy atom. The van der Waals surface area contributed by atoms with Gasteiger partial charge in [-0.15, -0.1) is 0 Å². The van der Waals surface area contributed by atoms with Crippen LogP contribution >= 0.6 is 31.9 Å². The standard InChI is InChI=1S/C24H21Br2FN2O3S/c1-28(2)12-13-32-24-20-14-17(25)15-21(26)23(20)29(22(24)16-6-4-3-5-7-16)33(30,31)19-10-8-18(27)9-11-19/h3-11,14-15H,12-13H2,1-2H3. The van der Waals surface area contributed by atoms with Gasteiger partial charge in [0.2, 0.25) is 0 Å². The molecule has 0 atom stereocenters. The Morgan fingerprint density at radius 2 is 1.67 bits per heavy atom. The Kier molecular flexibility index (Phi) is 6.95. The van der Waals surface area contributed by atoms with Crippen molar-refractivity contribution in [3.63, 3.8) is 0 Å². The molecule has 0 amide bonds. The van der Waals surface area contributed by atoms with E-state index >= 15 is 0 Å². The van der Waals surface area contributed by atoms with E-state index in [1.807, 2.05) is 55.4 Å². The van der Waals surface area contributed by atoms with Crippen LogP contribution in [-0.4, -0.2) is 44.5 Å². The summed E-state index contributed by atoms with van der Waals surface area (Å²) >= 11 is 7.06. The zero-order valence-corrected chi connectivity index (χ0v) is 21.9. The minimum Gasteiger partial charge on any atom is -0.489 e. The number of hydrogen-bond donors (Lipinski definition) is 0. The van der Waals surface area contributed by atoms with Gasteiger partial charge in [0.25, 0.3) is 10.0 Å². The van der Waals surface area contributed by atoms with Gasteiger partial charge in [0.05, 0.1) is 10.4 Å². The summed E-state index contributed by atoms with van der Waals surface area (Å²) in [4.78, 5) is 1.97. The predicted octanol–water partition coefficient (Wildman–Crippen LogP) is 6.15. The minimum atomic E-state index is -4.10. The lowest BCUT2D eigenvalue weighted by Crippen LogP contribution is -2.19. The first-order chi connectivity index (χ1) is 15.7. The van der Waals surface area contributed by atoms with E-state index in [9.17, 15) is 12.8 Å². The van der Waals surface area contributed by atoms with Crippen LogP contribution < -0.4 is 4.74 Å². The molecule has 0 aliphatic rings. The number of nitrogens with zero attached hydrogens (tertiary/aromatic N) is 2. The van der Waals surface area contributed by atoms with Crippen LogP contribution in [0.25, 0.3) is 22.2 Å². The Hall–Kier alpha value is -2.20. The molecule has 0 unspecified atom stereocenters. The first-order valence-corrected chi connectivity index (χ1v) is 13.1. The second kappa shape index (κ2) is 9.58. The van der Waals surface area contributed by atoms with E-state index in [0.29, 0.717) is 45.5 Å². The molecule has 0 aliphatic heterocycles. The van der Waals surface area contributed by atoms with Crippen molar-refractivity contribution in [3.05, 3.63) is 81.5 Å². The molecule has 4 aromatic rings. The fourth-order valence-electron chi connectivity index (χ4n) is 3.55. The van der Waals surface area contributed by atoms with Crippen molar-refractivity contribution in [2.24, 2.45) is 0 Å². The highest BCUT2D eigenvalue weighted by molar-refractivity contribution is 9.11. The smallest absolute Gasteiger partial charge is 0.268 e. The van der Waals surface area contributed by atoms with Crippen molar-refractivity contribution < 1.29 is 17.5 Å². The molecule has 3 aromatic carbocycles. The average Bonchev–Trinajstić information content (AvgIpc) is 3.10. The summed E-state index contributed by atoms with van der Waals surface area (Å²) in [6.45, 7) is 1.02. The van der Waals surface area contributed by atoms with E-state index < -0.39 is 15.8 Å². The van der Waals surface area contributed by atoms with Gasteiger partial charge in [0.1, 0.15) is 18.1 Å². The van der Waals surface area contributed by atoms with E-state index in [0.717, 1.165) is 16.6 Å². The number of ether oxygens (including phenoxy) is 1. The third-order valence-electron chi connectivity index (χ3n) is 5.08. The predicted molar refractivity (Wildman–Crippen MR) is 136 cm³/mol. The maximum atomic E-state index is 13.9. The first-order valence-electron chi connectivity index (χ1n) is 10.1. The summed E-state index contributed by atoms with van der Waals surface area (Å²) in [5.74, 6) is -0.0434. The Balaban J connectivity index is 2.09. The molecule has 172 valence electrons. The molecule has 1 heterocycles. The number of rotatable bonds is 7. The highest BCUT2D eigenvalue weighted by Crippen LogP contribution is 2.45. The summed E-state index contributed by atoms with van der Waals surface area (Å²) in [5, 5.41) is 0.638. The number of aromatic nitrogens is 1. The number of benzene rings is 3. The van der Waals surface area contributed by atoms with Crippen LogP contribution in [0.5, 0.6) is 5.75 Å². The number of likely N-dealkylation sites (N-methyl/N-ethyl adjacent to an activating group) is 1. The van der Waals surface area contributed by atoms with Gasteiger partial charge in [-0.3, -0.25) is 0 Å². The summed E-state index contributed by atoms with van der Waals surface area (Å²) < 4.78 is 50.3. The third-order valence-corrected chi connectivity index (χ3v) is 7.85. The first kappa shape index (κ1) is 23.9. The van der Waals surface area contributed by atoms with E-state index in [-0.39, 0.29) is 4.90 Å². The van der Waals surface area contributed by atoms with Crippen molar-refractivity contribution in [2.45, 2.75) is 4.90 Å². The summed E-state index contributed by atoms with van der Waals surface area (Å²) in [5.41, 5.74) is 1.54. The van der Waals surface area contributed by atoms with Gasteiger partial charge in [-0.2, -0.15) is 0 Å². The molecule has 0 N–H and O–H groups in total. The van der Waals surface area contributed by atoms with E-state index in [4.69, 9.17) is 4.74 Å². The van der Waals surface area contributed by atoms with Crippen LogP contribution in [0, 0.1) is 5.82 Å². The summed E-state index contributed by atoms with van der Waals surface area (Å²) in [6.07, 6.45) is 0. The van der Waals surface area contributed by atoms with E-state index in [1.54, 1.807) is 6.07 Å². The topological polar surface area (TPSA) is 51.5 Å². The number of fused-ring (bicyclic) bond motifs is 1. The summed E-state index contributed by atoms with van der Waals surface area (Å²) in [6, 6.07) is 17.7. The Labute approximate surface area is 209 Å². The minimum absolute atomic E-state index is 0.0207. The van der Waals surface area contributed by atoms with Crippen LogP contribution in [0.15, 0.2) is 80.6 Å². The second-order valence-corrected chi connectivity index (χ2v) is 11.3. The molecule has 0 saturated carbocycles. The molecular formula is C24H21Br2FN2O3S. The fraction of sp³-hybridized carbons (Fsp3) is 0.167. The quantitative estimate of drug-likeness (QED) is 0.257. The van der Waals surface area contributed by atoms with Crippen molar-refractivity contribution in [2.75, 3.05) is 27.2 Å². The van der Waals surface area contributed by atoms with Gasteiger partial charge in [-0.1, -0.05) is 46.3 Å². The van der Waals surface area contributed by atoms with Gasteiger partial charge in [0, 0.05) is 26.4 Å². The number of hydrogen-bond acceptors (Lipinski definition) is 4. The maximum absolute atomic E-state index is 13.9. The molecule has 0 saturated heterocycles. The lowest BCUT2D eigenvalue weighted by Gasteiger charge is -2.15. The fourth-order valence-corrected chi connectivity index (χ4v) is 6.63. The molecule has 5 nitrogen and oxygen atoms in total. The van der Waals surface area contributed by atoms with Crippen LogP contribution in [0.3, 0.4) is 0 Å². The molecular weight excluding hydrogens is 575 g/mol. The van der Waals surface area contributed by atoms with Gasteiger partial charge in [-0.05, 0) is 66.4 Å². The Bertz CT molecular complexity index is 1400. The largest absolute Gasteiger partial charge is 0.489 e. The molecule has 0 spiro atoms. The molecule has 1 aromatic heterocycles. The zero-order chi connectivity index (χ0) is 23.8. The third kappa shape index (κ3) is 4.73. The zero-order valence-electron chi connectivity index (χ0n) is 17.9. The van der Waals surface area contributed by atoms with E-state index in [1.165, 1.54) is 16.1 Å². The second-order valence-electron chi connectivity index (χ2n) is 7.70. The van der Waals surface area contributed by atoms with Crippen LogP contribution in [0.4, 0.5) is 4.39 Å².